The molecular formula is C31H38ClN2O5S-. The van der Waals surface area contributed by atoms with Gasteiger partial charge < -0.3 is 28.1 Å². The fourth-order valence-electron chi connectivity index (χ4n) is 5.91. The van der Waals surface area contributed by atoms with E-state index in [1.165, 1.54) is 11.1 Å². The van der Waals surface area contributed by atoms with E-state index in [9.17, 15) is 14.1 Å². The lowest BCUT2D eigenvalue weighted by molar-refractivity contribution is 0.0126. The molecule has 216 valence electrons. The molecule has 0 unspecified atom stereocenters. The van der Waals surface area contributed by atoms with Gasteiger partial charge in [0.05, 0.1) is 24.5 Å². The highest BCUT2D eigenvalue weighted by atomic mass is 35.5. The van der Waals surface area contributed by atoms with Crippen LogP contribution in [0.4, 0.5) is 5.69 Å². The summed E-state index contributed by atoms with van der Waals surface area (Å²) in [6, 6.07) is 11.5. The van der Waals surface area contributed by atoms with E-state index in [4.69, 9.17) is 21.1 Å². The van der Waals surface area contributed by atoms with Gasteiger partial charge in [0.15, 0.2) is 0 Å². The second-order valence-electron chi connectivity index (χ2n) is 11.2. The summed E-state index contributed by atoms with van der Waals surface area (Å²) in [5, 5.41) is 11.4. The molecule has 0 spiro atoms. The number of fused-ring (bicyclic) bond motifs is 3. The Morgan fingerprint density at radius 1 is 1.12 bits per heavy atom. The van der Waals surface area contributed by atoms with Crippen LogP contribution in [-0.2, 0) is 32.5 Å². The van der Waals surface area contributed by atoms with Gasteiger partial charge in [-0.15, -0.1) is 0 Å². The third kappa shape index (κ3) is 6.73. The number of nitrogens with zero attached hydrogens (tertiary/aromatic N) is 2. The van der Waals surface area contributed by atoms with E-state index < -0.39 is 22.6 Å². The maximum Gasteiger partial charge on any atom is 0.254 e. The lowest BCUT2D eigenvalue weighted by Gasteiger charge is -2.43. The molecule has 3 aliphatic rings. The molecule has 2 heterocycles. The monoisotopic (exact) mass is 585 g/mol. The average Bonchev–Trinajstić information content (AvgIpc) is 2.95. The molecule has 2 bridgehead atoms. The fourth-order valence-corrected chi connectivity index (χ4v) is 7.11. The Balaban J connectivity index is 1.61. The third-order valence-corrected chi connectivity index (χ3v) is 9.89. The van der Waals surface area contributed by atoms with Crippen LogP contribution < -0.4 is 9.64 Å². The number of methoxy groups -OCH3 is 1. The van der Waals surface area contributed by atoms with E-state index >= 15 is 0 Å². The van der Waals surface area contributed by atoms with Gasteiger partial charge in [-0.05, 0) is 91.3 Å². The summed E-state index contributed by atoms with van der Waals surface area (Å²) >= 11 is 6.39. The average molecular weight is 586 g/mol. The largest absolute Gasteiger partial charge is 0.491 e. The molecule has 0 saturated heterocycles. The predicted molar refractivity (Wildman–Crippen MR) is 158 cm³/mol. The molecule has 1 fully saturated rings. The van der Waals surface area contributed by atoms with E-state index in [1.54, 1.807) is 19.3 Å². The van der Waals surface area contributed by atoms with Crippen molar-refractivity contribution in [2.75, 3.05) is 30.9 Å². The third-order valence-electron chi connectivity index (χ3n) is 8.47. The van der Waals surface area contributed by atoms with Crippen molar-refractivity contribution in [3.05, 3.63) is 70.3 Å². The van der Waals surface area contributed by atoms with Gasteiger partial charge in [0.1, 0.15) is 5.75 Å². The van der Waals surface area contributed by atoms with Crippen LogP contribution in [0.25, 0.3) is 0 Å². The van der Waals surface area contributed by atoms with Crippen molar-refractivity contribution < 1.29 is 23.6 Å². The van der Waals surface area contributed by atoms with Crippen molar-refractivity contribution in [1.82, 2.24) is 0 Å². The summed E-state index contributed by atoms with van der Waals surface area (Å²) < 4.78 is 28.9. The number of halogens is 1. The maximum absolute atomic E-state index is 13.1. The lowest BCUT2D eigenvalue weighted by Crippen LogP contribution is -2.43. The van der Waals surface area contributed by atoms with Crippen LogP contribution in [0.2, 0.25) is 5.02 Å². The molecule has 7 nitrogen and oxygen atoms in total. The minimum atomic E-state index is -1.77. The second kappa shape index (κ2) is 13.1. The number of anilines is 1. The Kier molecular flexibility index (Phi) is 9.51. The summed E-state index contributed by atoms with van der Waals surface area (Å²) in [6.07, 6.45) is 7.63. The minimum Gasteiger partial charge on any atom is -0.491 e. The number of aliphatic hydroxyl groups is 1. The molecule has 2 aliphatic heterocycles. The zero-order valence-corrected chi connectivity index (χ0v) is 24.7. The molecule has 2 aromatic carbocycles. The van der Waals surface area contributed by atoms with Gasteiger partial charge >= 0.3 is 0 Å². The Bertz CT molecular complexity index is 1340. The first-order chi connectivity index (χ1) is 19.3. The minimum absolute atomic E-state index is 0.0838. The van der Waals surface area contributed by atoms with E-state index in [0.717, 1.165) is 55.1 Å². The van der Waals surface area contributed by atoms with E-state index in [-0.39, 0.29) is 23.7 Å². The zero-order chi connectivity index (χ0) is 28.2. The van der Waals surface area contributed by atoms with Crippen LogP contribution in [0.15, 0.2) is 52.9 Å². The van der Waals surface area contributed by atoms with E-state index in [2.05, 4.69) is 21.4 Å². The molecule has 5 atom stereocenters. The van der Waals surface area contributed by atoms with Gasteiger partial charge in [-0.25, -0.2) is 0 Å². The van der Waals surface area contributed by atoms with E-state index in [0.29, 0.717) is 24.6 Å². The van der Waals surface area contributed by atoms with Crippen LogP contribution in [0, 0.1) is 17.8 Å². The van der Waals surface area contributed by atoms with Crippen LogP contribution in [0.1, 0.15) is 54.1 Å². The molecule has 1 N–H and O–H groups in total. The smallest absolute Gasteiger partial charge is 0.254 e. The van der Waals surface area contributed by atoms with Gasteiger partial charge in [-0.3, -0.25) is 4.79 Å². The lowest BCUT2D eigenvalue weighted by atomic mass is 9.70. The molecule has 5 rings (SSSR count). The topological polar surface area (TPSA) is 88.4 Å². The number of rotatable bonds is 1. The fraction of sp³-hybridized carbons (Fsp3) is 0.516. The standard InChI is InChI=1S/C31H38ClN2O5S/c1-20-19-40(37)33-31(36)22-8-12-30-27(16-22)34(18-24-7-10-26(24)29(38-2)13-11-28(20)35)17-23-6-9-25(32)15-21(23)5-3-4-14-39-30/h6,8-9,11-13,15-16,20,24,26,28-29,35H,3-5,7,10,14,17-19H2,1-2H3/q-1/b13-11+/t20-,24+,26-,28+,29+/m1/s1. The number of benzene rings is 2. The second-order valence-corrected chi connectivity index (χ2v) is 12.8. The summed E-state index contributed by atoms with van der Waals surface area (Å²) in [6.45, 7) is 3.76. The van der Waals surface area contributed by atoms with Crippen molar-refractivity contribution >= 4 is 33.8 Å². The van der Waals surface area contributed by atoms with Gasteiger partial charge in [-0.1, -0.05) is 42.5 Å². The number of ether oxygens (including phenoxy) is 2. The Morgan fingerprint density at radius 3 is 2.75 bits per heavy atom. The number of hydrogen-bond donors (Lipinski definition) is 1. The van der Waals surface area contributed by atoms with Crippen molar-refractivity contribution in [2.24, 2.45) is 22.1 Å². The van der Waals surface area contributed by atoms with Crippen molar-refractivity contribution in [1.29, 1.82) is 0 Å². The van der Waals surface area contributed by atoms with Crippen LogP contribution >= 0.6 is 11.6 Å². The van der Waals surface area contributed by atoms with Gasteiger partial charge in [-0.2, -0.15) is 10.6 Å². The molecule has 1 saturated carbocycles. The molecule has 40 heavy (non-hydrogen) atoms. The number of aliphatic hydroxyl groups excluding tert-OH is 1. The molecular weight excluding hydrogens is 548 g/mol. The Labute approximate surface area is 243 Å². The van der Waals surface area contributed by atoms with Crippen LogP contribution in [0.3, 0.4) is 0 Å². The number of carbonyl (C=O) groups is 1. The summed E-state index contributed by atoms with van der Waals surface area (Å²) in [4.78, 5) is 15.4. The maximum atomic E-state index is 13.1. The zero-order valence-electron chi connectivity index (χ0n) is 23.1. The summed E-state index contributed by atoms with van der Waals surface area (Å²) in [7, 11) is -0.0607. The number of carbonyl (C=O) groups excluding carboxylic acids is 1. The number of aryl methyl sites for hydroxylation is 1. The first-order valence-corrected chi connectivity index (χ1v) is 15.8. The molecule has 1 aliphatic carbocycles. The van der Waals surface area contributed by atoms with Gasteiger partial charge in [0.2, 0.25) is 0 Å². The Morgan fingerprint density at radius 2 is 1.98 bits per heavy atom. The summed E-state index contributed by atoms with van der Waals surface area (Å²) in [5.41, 5.74) is 3.63. The molecule has 1 amide bonds. The van der Waals surface area contributed by atoms with Gasteiger partial charge in [0, 0.05) is 30.8 Å². The van der Waals surface area contributed by atoms with Crippen LogP contribution in [0.5, 0.6) is 5.75 Å². The quantitative estimate of drug-likeness (QED) is 0.328. The molecule has 0 aromatic heterocycles. The van der Waals surface area contributed by atoms with Crippen molar-refractivity contribution in [3.63, 3.8) is 0 Å². The highest BCUT2D eigenvalue weighted by molar-refractivity contribution is 7.75. The van der Waals surface area contributed by atoms with Crippen molar-refractivity contribution in [3.8, 4) is 5.75 Å². The van der Waals surface area contributed by atoms with Gasteiger partial charge in [0.25, 0.3) is 5.91 Å². The molecule has 9 heteroatoms. The SMILES string of the molecule is CO[C@H]1/C=C/[C@H](O)[C@H](C)C[S-](=O)=NC(=O)c2ccc3c(c2)N(Cc2ccc(Cl)cc2CCCCO3)C[C@@H]2CC[C@H]21. The van der Waals surface area contributed by atoms with E-state index in [1.807, 2.05) is 31.2 Å². The number of hydrogen-bond acceptors (Lipinski definition) is 7. The number of amides is 1. The van der Waals surface area contributed by atoms with Crippen LogP contribution in [-0.4, -0.2) is 49.2 Å². The highest BCUT2D eigenvalue weighted by Gasteiger charge is 2.38. The van der Waals surface area contributed by atoms with Crippen molar-refractivity contribution in [2.45, 2.75) is 57.8 Å². The molecule has 0 radical (unpaired) electrons. The highest BCUT2D eigenvalue weighted by Crippen LogP contribution is 2.42. The molecule has 2 aromatic rings. The summed E-state index contributed by atoms with van der Waals surface area (Å²) in [5.74, 6) is 0.585. The predicted octanol–water partition coefficient (Wildman–Crippen LogP) is 5.96. The Hall–Kier alpha value is -2.39. The first kappa shape index (κ1) is 29.1. The first-order valence-electron chi connectivity index (χ1n) is 14.1. The normalized spacial score (nSPS) is 29.1.